The van der Waals surface area contributed by atoms with Crippen molar-refractivity contribution in [2.75, 3.05) is 43.4 Å². The summed E-state index contributed by atoms with van der Waals surface area (Å²) in [5.74, 6) is -0.887. The SMILES string of the molecule is CN1CCC2(C1)CN(c1ncc3c4c(c(-c5ncc(F)c6sc(NC(=O)OC(C)(C)C)c(C#N)c56)c(F)c3n1)COC4)C2. The van der Waals surface area contributed by atoms with E-state index in [-0.39, 0.29) is 56.1 Å². The minimum atomic E-state index is -0.794. The number of nitrogens with zero attached hydrogens (tertiary/aromatic N) is 6. The predicted octanol–water partition coefficient (Wildman–Crippen LogP) is 5.58. The number of fused-ring (bicyclic) bond motifs is 4. The molecular weight excluding hydrogens is 576 g/mol. The van der Waals surface area contributed by atoms with E-state index in [1.54, 1.807) is 27.0 Å². The van der Waals surface area contributed by atoms with Crippen LogP contribution in [0.4, 0.5) is 24.5 Å². The van der Waals surface area contributed by atoms with Crippen molar-refractivity contribution in [1.29, 1.82) is 5.26 Å². The first kappa shape index (κ1) is 27.8. The molecule has 10 nitrogen and oxygen atoms in total. The summed E-state index contributed by atoms with van der Waals surface area (Å²) in [6.45, 7) is 9.13. The Labute approximate surface area is 250 Å². The number of benzene rings is 1. The fourth-order valence-corrected chi connectivity index (χ4v) is 7.51. The van der Waals surface area contributed by atoms with Gasteiger partial charge < -0.3 is 19.3 Å². The fraction of sp³-hybridized carbons (Fsp3) is 0.433. The lowest BCUT2D eigenvalue weighted by molar-refractivity contribution is 0.0636. The van der Waals surface area contributed by atoms with Crippen LogP contribution >= 0.6 is 11.3 Å². The lowest BCUT2D eigenvalue weighted by Crippen LogP contribution is -2.58. The van der Waals surface area contributed by atoms with Gasteiger partial charge >= 0.3 is 6.09 Å². The Morgan fingerprint density at radius 1 is 1.19 bits per heavy atom. The highest BCUT2D eigenvalue weighted by Gasteiger charge is 2.47. The molecule has 6 heterocycles. The van der Waals surface area contributed by atoms with Gasteiger partial charge in [0.1, 0.15) is 22.2 Å². The van der Waals surface area contributed by atoms with Crippen molar-refractivity contribution in [3.63, 3.8) is 0 Å². The molecule has 1 spiro atoms. The second kappa shape index (κ2) is 9.77. The number of likely N-dealkylation sites (tertiary alicyclic amines) is 1. The van der Waals surface area contributed by atoms with E-state index in [0.29, 0.717) is 16.9 Å². The van der Waals surface area contributed by atoms with Crippen LogP contribution in [0.5, 0.6) is 0 Å². The van der Waals surface area contributed by atoms with E-state index in [1.807, 2.05) is 0 Å². The normalized spacial score (nSPS) is 17.8. The van der Waals surface area contributed by atoms with Crippen LogP contribution in [-0.4, -0.2) is 64.8 Å². The number of hydrogen-bond acceptors (Lipinski definition) is 10. The molecule has 43 heavy (non-hydrogen) atoms. The third-order valence-corrected chi connectivity index (χ3v) is 9.40. The van der Waals surface area contributed by atoms with Crippen molar-refractivity contribution in [3.05, 3.63) is 40.7 Å². The average molecular weight is 606 g/mol. The van der Waals surface area contributed by atoms with Gasteiger partial charge in [0, 0.05) is 47.6 Å². The maximum Gasteiger partial charge on any atom is 0.412 e. The zero-order valence-corrected chi connectivity index (χ0v) is 25.0. The molecular formula is C30H29F2N7O3S. The number of pyridine rings is 1. The number of hydrogen-bond donors (Lipinski definition) is 1. The van der Waals surface area contributed by atoms with Crippen molar-refractivity contribution in [2.24, 2.45) is 5.41 Å². The third-order valence-electron chi connectivity index (χ3n) is 8.28. The van der Waals surface area contributed by atoms with E-state index in [1.165, 1.54) is 0 Å². The monoisotopic (exact) mass is 605 g/mol. The molecule has 0 saturated carbocycles. The Kier molecular flexibility index (Phi) is 6.32. The molecule has 0 aliphatic carbocycles. The largest absolute Gasteiger partial charge is 0.444 e. The van der Waals surface area contributed by atoms with Gasteiger partial charge in [0.25, 0.3) is 0 Å². The van der Waals surface area contributed by atoms with Crippen LogP contribution in [0.15, 0.2) is 12.4 Å². The third kappa shape index (κ3) is 4.56. The zero-order valence-electron chi connectivity index (χ0n) is 24.2. The standard InChI is InChI=1S/C30H29F2N7O3S/c1-29(2,3)42-28(40)37-26-15(7-33)21-24(34-9-19(31)25(21)43-26)20-18-11-41-10-17(18)16-8-35-27(36-23(16)22(20)32)39-13-30(14-39)5-6-38(4)12-30/h8-9H,5-6,10-14H2,1-4H3,(H,37,40). The summed E-state index contributed by atoms with van der Waals surface area (Å²) in [5, 5.41) is 13.4. The molecule has 0 bridgehead atoms. The van der Waals surface area contributed by atoms with Crippen LogP contribution in [-0.2, 0) is 22.7 Å². The average Bonchev–Trinajstić information content (AvgIpc) is 3.65. The fourth-order valence-electron chi connectivity index (χ4n) is 6.48. The number of nitrogens with one attached hydrogen (secondary N) is 1. The summed E-state index contributed by atoms with van der Waals surface area (Å²) >= 11 is 0.868. The number of ether oxygens (including phenoxy) is 2. The summed E-state index contributed by atoms with van der Waals surface area (Å²) in [6, 6.07) is 2.06. The first-order valence-electron chi connectivity index (χ1n) is 14.0. The molecule has 4 aromatic rings. The Hall–Kier alpha value is -3.99. The van der Waals surface area contributed by atoms with Crippen molar-refractivity contribution < 1.29 is 23.0 Å². The predicted molar refractivity (Wildman–Crippen MR) is 158 cm³/mol. The van der Waals surface area contributed by atoms with Crippen LogP contribution in [0.25, 0.3) is 32.2 Å². The highest BCUT2D eigenvalue weighted by Crippen LogP contribution is 2.46. The summed E-state index contributed by atoms with van der Waals surface area (Å²) in [6.07, 6.45) is 2.96. The number of anilines is 2. The van der Waals surface area contributed by atoms with Crippen molar-refractivity contribution in [2.45, 2.75) is 46.0 Å². The minimum absolute atomic E-state index is 0.0317. The maximum absolute atomic E-state index is 16.7. The zero-order chi connectivity index (χ0) is 30.3. The van der Waals surface area contributed by atoms with Crippen molar-refractivity contribution >= 4 is 49.4 Å². The number of nitriles is 1. The summed E-state index contributed by atoms with van der Waals surface area (Å²) < 4.78 is 43.0. The number of thiophene rings is 1. The van der Waals surface area contributed by atoms with Crippen LogP contribution < -0.4 is 10.2 Å². The number of amides is 1. The first-order chi connectivity index (χ1) is 20.5. The van der Waals surface area contributed by atoms with Gasteiger partial charge in [0.15, 0.2) is 11.6 Å². The Bertz CT molecular complexity index is 1870. The molecule has 0 radical (unpaired) electrons. The molecule has 0 atom stereocenters. The maximum atomic E-state index is 16.7. The molecule has 7 rings (SSSR count). The molecule has 222 valence electrons. The Morgan fingerprint density at radius 2 is 1.95 bits per heavy atom. The number of rotatable bonds is 3. The molecule has 2 saturated heterocycles. The number of carbonyl (C=O) groups is 1. The van der Waals surface area contributed by atoms with Gasteiger partial charge in [0.05, 0.1) is 35.4 Å². The number of halogens is 2. The van der Waals surface area contributed by atoms with Gasteiger partial charge in [-0.25, -0.2) is 23.5 Å². The van der Waals surface area contributed by atoms with Crippen molar-refractivity contribution in [1.82, 2.24) is 19.9 Å². The second-order valence-corrected chi connectivity index (χ2v) is 13.6. The molecule has 3 aliphatic rings. The molecule has 1 aromatic carbocycles. The van der Waals surface area contributed by atoms with E-state index in [4.69, 9.17) is 9.47 Å². The van der Waals surface area contributed by atoms with Crippen molar-refractivity contribution in [3.8, 4) is 17.3 Å². The molecule has 13 heteroatoms. The first-order valence-corrected chi connectivity index (χ1v) is 14.8. The van der Waals surface area contributed by atoms with Gasteiger partial charge in [-0.05, 0) is 51.9 Å². The second-order valence-electron chi connectivity index (χ2n) is 12.6. The van der Waals surface area contributed by atoms with E-state index in [9.17, 15) is 10.1 Å². The summed E-state index contributed by atoms with van der Waals surface area (Å²) in [4.78, 5) is 30.5. The lowest BCUT2D eigenvalue weighted by atomic mass is 9.79. The van der Waals surface area contributed by atoms with Gasteiger partial charge in [-0.15, -0.1) is 11.3 Å². The lowest BCUT2D eigenvalue weighted by Gasteiger charge is -2.48. The van der Waals surface area contributed by atoms with Gasteiger partial charge in [-0.2, -0.15) is 5.26 Å². The van der Waals surface area contributed by atoms with Crippen LogP contribution in [0.2, 0.25) is 0 Å². The highest BCUT2D eigenvalue weighted by atomic mass is 32.1. The van der Waals surface area contributed by atoms with Gasteiger partial charge in [0.2, 0.25) is 5.95 Å². The number of carbonyl (C=O) groups excluding carboxylic acids is 1. The minimum Gasteiger partial charge on any atom is -0.444 e. The van der Waals surface area contributed by atoms with E-state index < -0.39 is 23.3 Å². The molecule has 0 unspecified atom stereocenters. The van der Waals surface area contributed by atoms with Crippen LogP contribution in [0.3, 0.4) is 0 Å². The molecule has 3 aromatic heterocycles. The summed E-state index contributed by atoms with van der Waals surface area (Å²) in [7, 11) is 2.12. The van der Waals surface area contributed by atoms with E-state index in [0.717, 1.165) is 55.7 Å². The molecule has 1 N–H and O–H groups in total. The highest BCUT2D eigenvalue weighted by molar-refractivity contribution is 7.23. The van der Waals surface area contributed by atoms with Crippen LogP contribution in [0.1, 0.15) is 43.9 Å². The summed E-state index contributed by atoms with van der Waals surface area (Å²) in [5.41, 5.74) is 0.982. The number of aromatic nitrogens is 3. The quantitative estimate of drug-likeness (QED) is 0.320. The van der Waals surface area contributed by atoms with Gasteiger partial charge in [-0.3, -0.25) is 10.3 Å². The Morgan fingerprint density at radius 3 is 2.65 bits per heavy atom. The van der Waals surface area contributed by atoms with E-state index in [2.05, 4.69) is 43.2 Å². The van der Waals surface area contributed by atoms with E-state index >= 15 is 8.78 Å². The smallest absolute Gasteiger partial charge is 0.412 e. The molecule has 1 amide bonds. The topological polar surface area (TPSA) is 116 Å². The molecule has 3 aliphatic heterocycles. The molecule has 2 fully saturated rings. The van der Waals surface area contributed by atoms with Gasteiger partial charge in [-0.1, -0.05) is 0 Å². The van der Waals surface area contributed by atoms with Crippen LogP contribution in [0, 0.1) is 28.4 Å². The Balaban J connectivity index is 1.36.